The molecule has 5 nitrogen and oxygen atoms in total. The Kier molecular flexibility index (Phi) is 4.66. The van der Waals surface area contributed by atoms with Crippen molar-refractivity contribution in [2.45, 2.75) is 19.0 Å². The van der Waals surface area contributed by atoms with Gasteiger partial charge in [0.2, 0.25) is 5.91 Å². The summed E-state index contributed by atoms with van der Waals surface area (Å²) in [7, 11) is 1.27. The molecule has 0 spiro atoms. The zero-order valence-corrected chi connectivity index (χ0v) is 9.84. The second-order valence-corrected chi connectivity index (χ2v) is 3.66. The molecule has 1 rings (SSSR count). The second-order valence-electron chi connectivity index (χ2n) is 3.66. The molecular formula is C12H16N2O3. The molecule has 0 radical (unpaired) electrons. The molecule has 5 heteroatoms. The quantitative estimate of drug-likeness (QED) is 0.740. The van der Waals surface area contributed by atoms with E-state index in [1.807, 2.05) is 6.07 Å². The minimum atomic E-state index is -0.820. The molecule has 0 fully saturated rings. The molecule has 0 saturated heterocycles. The van der Waals surface area contributed by atoms with Crippen molar-refractivity contribution in [3.63, 3.8) is 0 Å². The fourth-order valence-electron chi connectivity index (χ4n) is 1.32. The molecule has 2 atom stereocenters. The van der Waals surface area contributed by atoms with Crippen LogP contribution in [0.5, 0.6) is 0 Å². The van der Waals surface area contributed by atoms with Crippen LogP contribution in [0.25, 0.3) is 0 Å². The summed E-state index contributed by atoms with van der Waals surface area (Å²) in [6.07, 6.45) is 0. The van der Waals surface area contributed by atoms with E-state index >= 15 is 0 Å². The maximum atomic E-state index is 11.6. The van der Waals surface area contributed by atoms with E-state index in [9.17, 15) is 9.59 Å². The number of ether oxygens (including phenoxy) is 1. The van der Waals surface area contributed by atoms with Crippen LogP contribution >= 0.6 is 0 Å². The summed E-state index contributed by atoms with van der Waals surface area (Å²) >= 11 is 0. The van der Waals surface area contributed by atoms with Crippen LogP contribution in [0.15, 0.2) is 30.3 Å². The summed E-state index contributed by atoms with van der Waals surface area (Å²) in [4.78, 5) is 23.1. The number of hydrogen-bond donors (Lipinski definition) is 2. The van der Waals surface area contributed by atoms with Crippen LogP contribution in [0.4, 0.5) is 0 Å². The van der Waals surface area contributed by atoms with Gasteiger partial charge in [-0.2, -0.15) is 0 Å². The number of methoxy groups -OCH3 is 1. The maximum Gasteiger partial charge on any atom is 0.333 e. The third-order valence-electron chi connectivity index (χ3n) is 2.27. The van der Waals surface area contributed by atoms with E-state index < -0.39 is 24.0 Å². The molecule has 0 aliphatic heterocycles. The zero-order valence-electron chi connectivity index (χ0n) is 9.84. The molecule has 0 saturated carbocycles. The fraction of sp³-hybridized carbons (Fsp3) is 0.333. The van der Waals surface area contributed by atoms with Crippen LogP contribution in [-0.4, -0.2) is 25.0 Å². The Morgan fingerprint density at radius 2 is 1.88 bits per heavy atom. The van der Waals surface area contributed by atoms with Gasteiger partial charge in [0.25, 0.3) is 0 Å². The number of benzene rings is 1. The van der Waals surface area contributed by atoms with E-state index in [1.165, 1.54) is 7.11 Å². The van der Waals surface area contributed by atoms with Gasteiger partial charge in [0, 0.05) is 0 Å². The largest absolute Gasteiger partial charge is 0.467 e. The van der Waals surface area contributed by atoms with E-state index in [-0.39, 0.29) is 0 Å². The molecule has 92 valence electrons. The minimum Gasteiger partial charge on any atom is -0.467 e. The van der Waals surface area contributed by atoms with Gasteiger partial charge < -0.3 is 15.8 Å². The predicted molar refractivity (Wildman–Crippen MR) is 63.0 cm³/mol. The summed E-state index contributed by atoms with van der Waals surface area (Å²) < 4.78 is 4.65. The first kappa shape index (κ1) is 13.2. The molecule has 0 aliphatic carbocycles. The van der Waals surface area contributed by atoms with Crippen molar-refractivity contribution in [3.8, 4) is 0 Å². The Labute approximate surface area is 99.9 Å². The van der Waals surface area contributed by atoms with Gasteiger partial charge in [-0.3, -0.25) is 4.79 Å². The lowest BCUT2D eigenvalue weighted by molar-refractivity contribution is -0.145. The normalized spacial score (nSPS) is 13.6. The predicted octanol–water partition coefficient (Wildman–Crippen LogP) is 0.364. The summed E-state index contributed by atoms with van der Waals surface area (Å²) in [5.41, 5.74) is 6.10. The molecule has 0 heterocycles. The van der Waals surface area contributed by atoms with Crippen molar-refractivity contribution in [1.82, 2.24) is 5.32 Å². The highest BCUT2D eigenvalue weighted by molar-refractivity contribution is 5.87. The third-order valence-corrected chi connectivity index (χ3v) is 2.27. The molecule has 1 aromatic carbocycles. The molecule has 3 N–H and O–H groups in total. The van der Waals surface area contributed by atoms with Gasteiger partial charge in [-0.1, -0.05) is 30.3 Å². The van der Waals surface area contributed by atoms with Crippen LogP contribution in [-0.2, 0) is 14.3 Å². The highest BCUT2D eigenvalue weighted by Crippen LogP contribution is 2.14. The molecule has 2 unspecified atom stereocenters. The van der Waals surface area contributed by atoms with Crippen LogP contribution in [0, 0.1) is 0 Å². The third kappa shape index (κ3) is 3.57. The first-order valence-corrected chi connectivity index (χ1v) is 5.25. The maximum absolute atomic E-state index is 11.6. The lowest BCUT2D eigenvalue weighted by Gasteiger charge is -2.18. The molecular weight excluding hydrogens is 220 g/mol. The summed E-state index contributed by atoms with van der Waals surface area (Å²) in [6, 6.07) is 7.37. The average Bonchev–Trinajstić information content (AvgIpc) is 2.35. The Hall–Kier alpha value is -1.88. The number of nitrogens with two attached hydrogens (primary N) is 1. The van der Waals surface area contributed by atoms with Gasteiger partial charge in [-0.25, -0.2) is 4.79 Å². The number of carbonyl (C=O) groups is 2. The highest BCUT2D eigenvalue weighted by atomic mass is 16.5. The van der Waals surface area contributed by atoms with Crippen molar-refractivity contribution < 1.29 is 14.3 Å². The van der Waals surface area contributed by atoms with Crippen LogP contribution in [0.1, 0.15) is 18.5 Å². The standard InChI is InChI=1S/C12H16N2O3/c1-8(13)11(15)14-10(12(16)17-2)9-6-4-3-5-7-9/h3-8,10H,13H2,1-2H3,(H,14,15). The molecule has 0 bridgehead atoms. The van der Waals surface area contributed by atoms with Gasteiger partial charge in [0.15, 0.2) is 6.04 Å². The molecule has 1 aromatic rings. The summed E-state index contributed by atoms with van der Waals surface area (Å²) in [5, 5.41) is 2.54. The number of carbonyl (C=O) groups excluding carboxylic acids is 2. The smallest absolute Gasteiger partial charge is 0.333 e. The van der Waals surface area contributed by atoms with Crippen molar-refractivity contribution in [2.75, 3.05) is 7.11 Å². The molecule has 1 amide bonds. The van der Waals surface area contributed by atoms with Gasteiger partial charge in [-0.05, 0) is 12.5 Å². The van der Waals surface area contributed by atoms with E-state index in [2.05, 4.69) is 10.1 Å². The van der Waals surface area contributed by atoms with Crippen molar-refractivity contribution in [2.24, 2.45) is 5.73 Å². The average molecular weight is 236 g/mol. The first-order chi connectivity index (χ1) is 8.06. The Morgan fingerprint density at radius 3 is 2.35 bits per heavy atom. The fourth-order valence-corrected chi connectivity index (χ4v) is 1.32. The van der Waals surface area contributed by atoms with E-state index in [4.69, 9.17) is 5.73 Å². The summed E-state index contributed by atoms with van der Waals surface area (Å²) in [5.74, 6) is -0.922. The molecule has 0 aromatic heterocycles. The van der Waals surface area contributed by atoms with E-state index in [0.717, 1.165) is 0 Å². The molecule has 17 heavy (non-hydrogen) atoms. The van der Waals surface area contributed by atoms with Crippen LogP contribution < -0.4 is 11.1 Å². The van der Waals surface area contributed by atoms with E-state index in [1.54, 1.807) is 31.2 Å². The lowest BCUT2D eigenvalue weighted by atomic mass is 10.1. The number of rotatable bonds is 4. The monoisotopic (exact) mass is 236 g/mol. The SMILES string of the molecule is COC(=O)C(NC(=O)C(C)N)c1ccccc1. The lowest BCUT2D eigenvalue weighted by Crippen LogP contribution is -2.43. The van der Waals surface area contributed by atoms with Crippen molar-refractivity contribution in [3.05, 3.63) is 35.9 Å². The zero-order chi connectivity index (χ0) is 12.8. The van der Waals surface area contributed by atoms with Crippen LogP contribution in [0.3, 0.4) is 0 Å². The van der Waals surface area contributed by atoms with Gasteiger partial charge in [0.05, 0.1) is 13.2 Å². The topological polar surface area (TPSA) is 81.4 Å². The number of nitrogens with one attached hydrogen (secondary N) is 1. The summed E-state index contributed by atoms with van der Waals surface area (Å²) in [6.45, 7) is 1.55. The second kappa shape index (κ2) is 6.00. The van der Waals surface area contributed by atoms with Gasteiger partial charge in [-0.15, -0.1) is 0 Å². The minimum absolute atomic E-state index is 0.399. The Morgan fingerprint density at radius 1 is 1.29 bits per heavy atom. The Bertz CT molecular complexity index is 390. The van der Waals surface area contributed by atoms with E-state index in [0.29, 0.717) is 5.56 Å². The molecule has 0 aliphatic rings. The van der Waals surface area contributed by atoms with Crippen LogP contribution in [0.2, 0.25) is 0 Å². The van der Waals surface area contributed by atoms with Gasteiger partial charge in [0.1, 0.15) is 0 Å². The number of esters is 1. The van der Waals surface area contributed by atoms with Gasteiger partial charge >= 0.3 is 5.97 Å². The number of hydrogen-bond acceptors (Lipinski definition) is 4. The Balaban J connectivity index is 2.90. The number of amides is 1. The first-order valence-electron chi connectivity index (χ1n) is 5.25. The highest BCUT2D eigenvalue weighted by Gasteiger charge is 2.24. The van der Waals surface area contributed by atoms with Crippen molar-refractivity contribution >= 4 is 11.9 Å². The van der Waals surface area contributed by atoms with Crippen molar-refractivity contribution in [1.29, 1.82) is 0 Å².